The maximum Gasteiger partial charge on any atom is 0.446 e. The zero-order chi connectivity index (χ0) is 17.0. The third-order valence-electron chi connectivity index (χ3n) is 2.93. The number of carbonyl (C=O) groups is 1. The molecule has 1 heterocycles. The third-order valence-corrected chi connectivity index (χ3v) is 3.67. The largest absolute Gasteiger partial charge is 0.446 e. The van der Waals surface area contributed by atoms with Gasteiger partial charge in [-0.25, -0.2) is 0 Å². The van der Waals surface area contributed by atoms with Crippen molar-refractivity contribution in [2.75, 3.05) is 5.32 Å². The van der Waals surface area contributed by atoms with Crippen molar-refractivity contribution in [2.45, 2.75) is 23.9 Å². The Morgan fingerprint density at radius 2 is 1.83 bits per heavy atom. The SMILES string of the molecule is CCn1cc(NC(=O)c2ccc(SC(F)(F)F)cc2)ccc1=O. The van der Waals surface area contributed by atoms with Crippen molar-refractivity contribution in [1.82, 2.24) is 4.57 Å². The number of pyridine rings is 1. The number of aryl methyl sites for hydroxylation is 1. The first-order valence-electron chi connectivity index (χ1n) is 6.66. The van der Waals surface area contributed by atoms with Gasteiger partial charge in [0.15, 0.2) is 0 Å². The summed E-state index contributed by atoms with van der Waals surface area (Å²) in [5.41, 5.74) is -3.88. The minimum Gasteiger partial charge on any atom is -0.321 e. The maximum absolute atomic E-state index is 12.2. The number of benzene rings is 1. The Balaban J connectivity index is 2.10. The fourth-order valence-corrected chi connectivity index (χ4v) is 2.40. The van der Waals surface area contributed by atoms with E-state index in [1.807, 2.05) is 0 Å². The number of nitrogens with one attached hydrogen (secondary N) is 1. The van der Waals surface area contributed by atoms with Crippen LogP contribution in [0.1, 0.15) is 17.3 Å². The van der Waals surface area contributed by atoms with E-state index in [0.717, 1.165) is 0 Å². The fraction of sp³-hybridized carbons (Fsp3) is 0.200. The number of carbonyl (C=O) groups excluding carboxylic acids is 1. The van der Waals surface area contributed by atoms with Gasteiger partial charge in [-0.05, 0) is 49.0 Å². The predicted octanol–water partition coefficient (Wildman–Crippen LogP) is 3.73. The normalized spacial score (nSPS) is 11.3. The predicted molar refractivity (Wildman–Crippen MR) is 82.7 cm³/mol. The number of nitrogens with zero attached hydrogens (tertiary/aromatic N) is 1. The molecule has 4 nitrogen and oxygen atoms in total. The Kier molecular flexibility index (Phi) is 5.15. The molecule has 23 heavy (non-hydrogen) atoms. The minimum absolute atomic E-state index is 0.00795. The second-order valence-electron chi connectivity index (χ2n) is 4.57. The summed E-state index contributed by atoms with van der Waals surface area (Å²) in [6.07, 6.45) is 1.51. The first-order valence-corrected chi connectivity index (χ1v) is 7.48. The zero-order valence-electron chi connectivity index (χ0n) is 12.1. The van der Waals surface area contributed by atoms with Gasteiger partial charge in [0.05, 0.1) is 5.69 Å². The standard InChI is InChI=1S/C15H13F3N2O2S/c1-2-20-9-11(5-8-13(20)21)19-14(22)10-3-6-12(7-4-10)23-15(16,17)18/h3-9H,2H2,1H3,(H,19,22). The fourth-order valence-electron chi connectivity index (χ4n) is 1.86. The molecule has 0 bridgehead atoms. The Hall–Kier alpha value is -2.22. The van der Waals surface area contributed by atoms with Crippen LogP contribution in [0.5, 0.6) is 0 Å². The summed E-state index contributed by atoms with van der Waals surface area (Å²) in [5, 5.41) is 2.60. The van der Waals surface area contributed by atoms with Gasteiger partial charge >= 0.3 is 5.51 Å². The van der Waals surface area contributed by atoms with Gasteiger partial charge in [-0.2, -0.15) is 13.2 Å². The molecule has 0 radical (unpaired) electrons. The average Bonchev–Trinajstić information content (AvgIpc) is 2.48. The third kappa shape index (κ3) is 4.88. The number of alkyl halides is 3. The highest BCUT2D eigenvalue weighted by molar-refractivity contribution is 8.00. The maximum atomic E-state index is 12.2. The number of thioether (sulfide) groups is 1. The minimum atomic E-state index is -4.36. The summed E-state index contributed by atoms with van der Waals surface area (Å²) in [5.74, 6) is -0.463. The molecule has 1 aromatic heterocycles. The number of amides is 1. The lowest BCUT2D eigenvalue weighted by Gasteiger charge is -2.09. The van der Waals surface area contributed by atoms with E-state index < -0.39 is 11.4 Å². The summed E-state index contributed by atoms with van der Waals surface area (Å²) in [6, 6.07) is 7.92. The van der Waals surface area contributed by atoms with Gasteiger partial charge in [-0.1, -0.05) is 0 Å². The van der Waals surface area contributed by atoms with Gasteiger partial charge in [0.1, 0.15) is 0 Å². The van der Waals surface area contributed by atoms with E-state index in [1.165, 1.54) is 47.2 Å². The quantitative estimate of drug-likeness (QED) is 0.862. The van der Waals surface area contributed by atoms with Crippen LogP contribution in [0.2, 0.25) is 0 Å². The first-order chi connectivity index (χ1) is 10.8. The van der Waals surface area contributed by atoms with Crippen molar-refractivity contribution < 1.29 is 18.0 Å². The van der Waals surface area contributed by atoms with E-state index in [0.29, 0.717) is 12.2 Å². The average molecular weight is 342 g/mol. The lowest BCUT2D eigenvalue weighted by atomic mass is 10.2. The molecular formula is C15H13F3N2O2S. The number of hydrogen-bond donors (Lipinski definition) is 1. The highest BCUT2D eigenvalue weighted by atomic mass is 32.2. The molecule has 122 valence electrons. The van der Waals surface area contributed by atoms with Crippen molar-refractivity contribution in [3.8, 4) is 0 Å². The lowest BCUT2D eigenvalue weighted by Crippen LogP contribution is -2.19. The van der Waals surface area contributed by atoms with Gasteiger partial charge in [0.2, 0.25) is 0 Å². The van der Waals surface area contributed by atoms with Crippen LogP contribution in [0, 0.1) is 0 Å². The molecule has 0 saturated heterocycles. The molecular weight excluding hydrogens is 329 g/mol. The van der Waals surface area contributed by atoms with E-state index in [-0.39, 0.29) is 27.8 Å². The number of anilines is 1. The van der Waals surface area contributed by atoms with Crippen LogP contribution in [-0.4, -0.2) is 16.0 Å². The molecule has 0 fully saturated rings. The number of rotatable bonds is 4. The van der Waals surface area contributed by atoms with Crippen molar-refractivity contribution in [1.29, 1.82) is 0 Å². The summed E-state index contributed by atoms with van der Waals surface area (Å²) >= 11 is -0.238. The van der Waals surface area contributed by atoms with E-state index in [9.17, 15) is 22.8 Å². The Morgan fingerprint density at radius 3 is 2.39 bits per heavy atom. The van der Waals surface area contributed by atoms with Crippen molar-refractivity contribution in [3.05, 3.63) is 58.5 Å². The van der Waals surface area contributed by atoms with Crippen LogP contribution >= 0.6 is 11.8 Å². The van der Waals surface area contributed by atoms with Crippen LogP contribution in [0.15, 0.2) is 52.3 Å². The van der Waals surface area contributed by atoms with Crippen LogP contribution in [-0.2, 0) is 6.54 Å². The van der Waals surface area contributed by atoms with Crippen molar-refractivity contribution in [2.24, 2.45) is 0 Å². The molecule has 0 aliphatic heterocycles. The lowest BCUT2D eigenvalue weighted by molar-refractivity contribution is -0.0328. The number of hydrogen-bond acceptors (Lipinski definition) is 3. The number of aromatic nitrogens is 1. The highest BCUT2D eigenvalue weighted by Crippen LogP contribution is 2.36. The second kappa shape index (κ2) is 6.91. The Labute approximate surface area is 134 Å². The molecule has 1 aromatic carbocycles. The zero-order valence-corrected chi connectivity index (χ0v) is 12.9. The van der Waals surface area contributed by atoms with Gasteiger partial charge < -0.3 is 9.88 Å². The summed E-state index contributed by atoms with van der Waals surface area (Å²) in [7, 11) is 0. The first kappa shape index (κ1) is 17.1. The molecule has 0 saturated carbocycles. The van der Waals surface area contributed by atoms with Gasteiger partial charge in [-0.3, -0.25) is 9.59 Å². The molecule has 0 atom stereocenters. The molecule has 2 rings (SSSR count). The Morgan fingerprint density at radius 1 is 1.17 bits per heavy atom. The molecule has 0 unspecified atom stereocenters. The van der Waals surface area contributed by atoms with Gasteiger partial charge in [0.25, 0.3) is 11.5 Å². The summed E-state index contributed by atoms with van der Waals surface area (Å²) in [6.45, 7) is 2.26. The van der Waals surface area contributed by atoms with E-state index in [1.54, 1.807) is 6.92 Å². The molecule has 1 N–H and O–H groups in total. The summed E-state index contributed by atoms with van der Waals surface area (Å²) in [4.78, 5) is 23.5. The van der Waals surface area contributed by atoms with Crippen molar-refractivity contribution in [3.63, 3.8) is 0 Å². The molecule has 1 amide bonds. The Bertz CT molecular complexity index is 755. The molecule has 0 aliphatic rings. The summed E-state index contributed by atoms with van der Waals surface area (Å²) < 4.78 is 38.2. The topological polar surface area (TPSA) is 51.1 Å². The second-order valence-corrected chi connectivity index (χ2v) is 5.71. The van der Waals surface area contributed by atoms with Crippen LogP contribution < -0.4 is 10.9 Å². The molecule has 2 aromatic rings. The number of halogens is 3. The highest BCUT2D eigenvalue weighted by Gasteiger charge is 2.29. The molecule has 8 heteroatoms. The van der Waals surface area contributed by atoms with Gasteiger partial charge in [-0.15, -0.1) is 0 Å². The van der Waals surface area contributed by atoms with Gasteiger partial charge in [0, 0.05) is 29.3 Å². The van der Waals surface area contributed by atoms with Crippen LogP contribution in [0.25, 0.3) is 0 Å². The van der Waals surface area contributed by atoms with Crippen molar-refractivity contribution >= 4 is 23.4 Å². The van der Waals surface area contributed by atoms with Crippen LogP contribution in [0.4, 0.5) is 18.9 Å². The smallest absolute Gasteiger partial charge is 0.321 e. The molecule has 0 spiro atoms. The van der Waals surface area contributed by atoms with E-state index >= 15 is 0 Å². The van der Waals surface area contributed by atoms with E-state index in [2.05, 4.69) is 5.32 Å². The monoisotopic (exact) mass is 342 g/mol. The van der Waals surface area contributed by atoms with Crippen LogP contribution in [0.3, 0.4) is 0 Å². The van der Waals surface area contributed by atoms with E-state index in [4.69, 9.17) is 0 Å². The molecule has 0 aliphatic carbocycles.